The summed E-state index contributed by atoms with van der Waals surface area (Å²) in [6.07, 6.45) is 4.05. The third-order valence-corrected chi connectivity index (χ3v) is 6.19. The molecular weight excluding hydrogens is 394 g/mol. The van der Waals surface area contributed by atoms with E-state index in [4.69, 9.17) is 27.9 Å². The zero-order valence-electron chi connectivity index (χ0n) is 13.6. The second-order valence-electron chi connectivity index (χ2n) is 6.05. The number of halogens is 3. The molecule has 0 unspecified atom stereocenters. The summed E-state index contributed by atoms with van der Waals surface area (Å²) in [6, 6.07) is 10.2. The minimum Gasteiger partial charge on any atom is -0.368 e. The number of H-pyrrole nitrogens is 1. The van der Waals surface area contributed by atoms with Crippen molar-refractivity contribution in [2.75, 3.05) is 0 Å². The van der Waals surface area contributed by atoms with Crippen LogP contribution in [0.2, 0.25) is 10.0 Å². The number of fused-ring (bicyclic) bond motifs is 1. The van der Waals surface area contributed by atoms with Gasteiger partial charge in [0.1, 0.15) is 11.6 Å². The van der Waals surface area contributed by atoms with E-state index in [1.54, 1.807) is 48.4 Å². The van der Waals surface area contributed by atoms with Crippen LogP contribution in [-0.4, -0.2) is 15.2 Å². The van der Waals surface area contributed by atoms with E-state index in [9.17, 15) is 4.39 Å². The molecule has 0 aliphatic carbocycles. The number of hydrogen-bond acceptors (Lipinski definition) is 3. The van der Waals surface area contributed by atoms with Crippen molar-refractivity contribution in [2.45, 2.75) is 29.3 Å². The lowest BCUT2D eigenvalue weighted by Crippen LogP contribution is -2.17. The quantitative estimate of drug-likeness (QED) is 0.576. The van der Waals surface area contributed by atoms with Crippen molar-refractivity contribution in [3.63, 3.8) is 0 Å². The Bertz CT molecular complexity index is 920. The Labute approximate surface area is 164 Å². The van der Waals surface area contributed by atoms with Crippen LogP contribution in [0.4, 0.5) is 4.39 Å². The lowest BCUT2D eigenvalue weighted by atomic mass is 10.0. The molecule has 1 aromatic heterocycles. The maximum absolute atomic E-state index is 13.6. The number of thioether (sulfide) groups is 1. The number of hydrogen-bond donors (Lipinski definition) is 1. The third kappa shape index (κ3) is 3.76. The summed E-state index contributed by atoms with van der Waals surface area (Å²) in [5, 5.41) is 1.26. The maximum Gasteiger partial charge on any atom is 0.124 e. The number of ether oxygens (including phenoxy) is 1. The van der Waals surface area contributed by atoms with Crippen LogP contribution in [0.1, 0.15) is 23.1 Å². The fourth-order valence-electron chi connectivity index (χ4n) is 3.03. The molecule has 0 radical (unpaired) electrons. The fourth-order valence-corrected chi connectivity index (χ4v) is 4.91. The summed E-state index contributed by atoms with van der Waals surface area (Å²) in [4.78, 5) is 8.34. The number of imidazole rings is 1. The van der Waals surface area contributed by atoms with Gasteiger partial charge in [-0.25, -0.2) is 9.37 Å². The SMILES string of the molecule is Fc1ccc2c(c1)S[C@@H](Cc1ncc[nH]1)[C@H]2OCc1ccc(Cl)cc1Cl. The van der Waals surface area contributed by atoms with Crippen LogP contribution in [0.5, 0.6) is 0 Å². The molecule has 2 atom stereocenters. The van der Waals surface area contributed by atoms with E-state index in [1.165, 1.54) is 6.07 Å². The molecule has 1 aliphatic heterocycles. The summed E-state index contributed by atoms with van der Waals surface area (Å²) in [7, 11) is 0. The molecule has 0 saturated carbocycles. The van der Waals surface area contributed by atoms with E-state index in [0.29, 0.717) is 23.1 Å². The smallest absolute Gasteiger partial charge is 0.124 e. The van der Waals surface area contributed by atoms with Gasteiger partial charge >= 0.3 is 0 Å². The average Bonchev–Trinajstić information content (AvgIpc) is 3.22. The van der Waals surface area contributed by atoms with Gasteiger partial charge < -0.3 is 9.72 Å². The van der Waals surface area contributed by atoms with E-state index >= 15 is 0 Å². The molecule has 134 valence electrons. The van der Waals surface area contributed by atoms with Crippen LogP contribution in [0.25, 0.3) is 0 Å². The summed E-state index contributed by atoms with van der Waals surface area (Å²) in [6.45, 7) is 0.354. The van der Waals surface area contributed by atoms with E-state index < -0.39 is 0 Å². The van der Waals surface area contributed by atoms with Gasteiger partial charge in [-0.3, -0.25) is 0 Å². The van der Waals surface area contributed by atoms with Gasteiger partial charge in [-0.1, -0.05) is 35.3 Å². The summed E-state index contributed by atoms with van der Waals surface area (Å²) in [5.41, 5.74) is 1.87. The van der Waals surface area contributed by atoms with Crippen molar-refractivity contribution >= 4 is 35.0 Å². The Balaban J connectivity index is 1.57. The molecule has 1 N–H and O–H groups in total. The Morgan fingerprint density at radius 3 is 2.85 bits per heavy atom. The lowest BCUT2D eigenvalue weighted by molar-refractivity contribution is 0.0391. The standard InChI is InChI=1S/C19H15Cl2FN2OS/c20-12-2-1-11(15(21)7-12)10-25-19-14-4-3-13(22)8-16(14)26-17(19)9-18-23-5-6-24-18/h1-8,17,19H,9-10H2,(H,23,24)/t17-,19-/m0/s1. The predicted octanol–water partition coefficient (Wildman–Crippen LogP) is 5.83. The van der Waals surface area contributed by atoms with E-state index in [-0.39, 0.29) is 17.2 Å². The van der Waals surface area contributed by atoms with Crippen molar-refractivity contribution in [1.29, 1.82) is 0 Å². The predicted molar refractivity (Wildman–Crippen MR) is 102 cm³/mol. The summed E-state index contributed by atoms with van der Waals surface area (Å²) >= 11 is 13.8. The van der Waals surface area contributed by atoms with Crippen LogP contribution in [-0.2, 0) is 17.8 Å². The fraction of sp³-hybridized carbons (Fsp3) is 0.211. The molecule has 3 nitrogen and oxygen atoms in total. The van der Waals surface area contributed by atoms with Crippen LogP contribution >= 0.6 is 35.0 Å². The molecule has 0 bridgehead atoms. The van der Waals surface area contributed by atoms with Gasteiger partial charge in [0.05, 0.1) is 12.7 Å². The second-order valence-corrected chi connectivity index (χ2v) is 8.17. The maximum atomic E-state index is 13.6. The van der Waals surface area contributed by atoms with Gasteiger partial charge in [-0.2, -0.15) is 0 Å². The Morgan fingerprint density at radius 1 is 1.19 bits per heavy atom. The molecule has 0 amide bonds. The van der Waals surface area contributed by atoms with Crippen LogP contribution in [0.3, 0.4) is 0 Å². The van der Waals surface area contributed by atoms with E-state index in [2.05, 4.69) is 9.97 Å². The third-order valence-electron chi connectivity index (χ3n) is 4.28. The zero-order chi connectivity index (χ0) is 18.1. The molecule has 0 fully saturated rings. The number of nitrogens with one attached hydrogen (secondary N) is 1. The van der Waals surface area contributed by atoms with Gasteiger partial charge in [-0.05, 0) is 35.4 Å². The molecule has 26 heavy (non-hydrogen) atoms. The normalized spacial score (nSPS) is 18.9. The van der Waals surface area contributed by atoms with Crippen LogP contribution < -0.4 is 0 Å². The molecule has 2 aromatic carbocycles. The highest BCUT2D eigenvalue weighted by atomic mass is 35.5. The first-order chi connectivity index (χ1) is 12.6. The van der Waals surface area contributed by atoms with Gasteiger partial charge in [0, 0.05) is 39.0 Å². The average molecular weight is 409 g/mol. The number of nitrogens with zero attached hydrogens (tertiary/aromatic N) is 1. The van der Waals surface area contributed by atoms with Gasteiger partial charge in [0.15, 0.2) is 0 Å². The highest BCUT2D eigenvalue weighted by Crippen LogP contribution is 2.47. The Kier molecular flexibility index (Phi) is 5.23. The first kappa shape index (κ1) is 17.9. The van der Waals surface area contributed by atoms with E-state index in [1.807, 2.05) is 6.07 Å². The monoisotopic (exact) mass is 408 g/mol. The number of rotatable bonds is 5. The van der Waals surface area contributed by atoms with Gasteiger partial charge in [-0.15, -0.1) is 11.8 Å². The van der Waals surface area contributed by atoms with Crippen molar-refractivity contribution in [3.05, 3.63) is 81.6 Å². The summed E-state index contributed by atoms with van der Waals surface area (Å²) < 4.78 is 19.9. The van der Waals surface area contributed by atoms with Crippen LogP contribution in [0.15, 0.2) is 53.7 Å². The Morgan fingerprint density at radius 2 is 2.08 bits per heavy atom. The zero-order valence-corrected chi connectivity index (χ0v) is 15.9. The lowest BCUT2D eigenvalue weighted by Gasteiger charge is -2.20. The highest BCUT2D eigenvalue weighted by molar-refractivity contribution is 8.00. The topological polar surface area (TPSA) is 37.9 Å². The molecule has 0 spiro atoms. The summed E-state index contributed by atoms with van der Waals surface area (Å²) in [5.74, 6) is 0.642. The molecular formula is C19H15Cl2FN2OS. The molecule has 2 heterocycles. The van der Waals surface area contributed by atoms with Gasteiger partial charge in [0.2, 0.25) is 0 Å². The molecule has 7 heteroatoms. The number of benzene rings is 2. The van der Waals surface area contributed by atoms with Crippen molar-refractivity contribution in [3.8, 4) is 0 Å². The molecule has 4 rings (SSSR count). The highest BCUT2D eigenvalue weighted by Gasteiger charge is 2.35. The molecule has 1 aliphatic rings. The van der Waals surface area contributed by atoms with Crippen molar-refractivity contribution < 1.29 is 9.13 Å². The van der Waals surface area contributed by atoms with E-state index in [0.717, 1.165) is 21.8 Å². The first-order valence-electron chi connectivity index (χ1n) is 8.10. The molecule has 0 saturated heterocycles. The largest absolute Gasteiger partial charge is 0.368 e. The second kappa shape index (κ2) is 7.61. The van der Waals surface area contributed by atoms with Crippen molar-refractivity contribution in [1.82, 2.24) is 9.97 Å². The van der Waals surface area contributed by atoms with Crippen LogP contribution in [0, 0.1) is 5.82 Å². The van der Waals surface area contributed by atoms with Crippen molar-refractivity contribution in [2.24, 2.45) is 0 Å². The number of aromatic nitrogens is 2. The first-order valence-corrected chi connectivity index (χ1v) is 9.73. The van der Waals surface area contributed by atoms with Gasteiger partial charge in [0.25, 0.3) is 0 Å². The number of aromatic amines is 1. The minimum atomic E-state index is -0.241. The molecule has 3 aromatic rings. The minimum absolute atomic E-state index is 0.101. The Hall–Kier alpha value is -1.53.